The average molecular weight is 439 g/mol. The van der Waals surface area contributed by atoms with Crippen molar-refractivity contribution in [1.82, 2.24) is 0 Å². The number of nitro groups is 1. The predicted molar refractivity (Wildman–Crippen MR) is 106 cm³/mol. The van der Waals surface area contributed by atoms with Crippen LogP contribution < -0.4 is 15.0 Å². The third-order valence-corrected chi connectivity index (χ3v) is 4.62. The van der Waals surface area contributed by atoms with E-state index in [1.807, 2.05) is 4.90 Å². The Morgan fingerprint density at radius 1 is 1.23 bits per heavy atom. The number of alkyl halides is 3. The highest BCUT2D eigenvalue weighted by Crippen LogP contribution is 2.36. The van der Waals surface area contributed by atoms with Gasteiger partial charge in [0.1, 0.15) is 0 Å². The van der Waals surface area contributed by atoms with E-state index in [1.165, 1.54) is 18.2 Å². The first-order chi connectivity index (χ1) is 14.6. The van der Waals surface area contributed by atoms with Crippen LogP contribution in [0.25, 0.3) is 0 Å². The number of carbonyl (C=O) groups is 1. The molecule has 0 aromatic heterocycles. The lowest BCUT2D eigenvalue weighted by Crippen LogP contribution is -2.37. The number of nitrogens with one attached hydrogen (secondary N) is 1. The molecule has 0 aliphatic carbocycles. The molecule has 11 heteroatoms. The molecule has 2 aromatic carbocycles. The molecule has 3 rings (SSSR count). The number of rotatable bonds is 6. The first-order valence-electron chi connectivity index (χ1n) is 9.37. The minimum Gasteiger partial charge on any atom is -0.477 e. The highest BCUT2D eigenvalue weighted by Gasteiger charge is 2.32. The smallest absolute Gasteiger partial charge is 0.416 e. The van der Waals surface area contributed by atoms with E-state index in [4.69, 9.17) is 9.47 Å². The van der Waals surface area contributed by atoms with Crippen LogP contribution in [0, 0.1) is 17.0 Å². The molecule has 0 spiro atoms. The number of ether oxygens (including phenoxy) is 2. The zero-order chi connectivity index (χ0) is 22.6. The second kappa shape index (κ2) is 9.21. The van der Waals surface area contributed by atoms with Crippen molar-refractivity contribution in [3.8, 4) is 5.75 Å². The number of hydrogen-bond acceptors (Lipinski definition) is 6. The van der Waals surface area contributed by atoms with Gasteiger partial charge in [0.25, 0.3) is 5.91 Å². The molecule has 1 aliphatic rings. The van der Waals surface area contributed by atoms with Crippen LogP contribution in [0.5, 0.6) is 5.75 Å². The monoisotopic (exact) mass is 439 g/mol. The van der Waals surface area contributed by atoms with Gasteiger partial charge in [-0.1, -0.05) is 6.07 Å². The van der Waals surface area contributed by atoms with Crippen molar-refractivity contribution in [2.45, 2.75) is 13.1 Å². The van der Waals surface area contributed by atoms with E-state index in [1.54, 1.807) is 13.0 Å². The topological polar surface area (TPSA) is 93.9 Å². The molecule has 0 saturated carbocycles. The van der Waals surface area contributed by atoms with Crippen molar-refractivity contribution in [1.29, 1.82) is 0 Å². The number of benzene rings is 2. The second-order valence-electron chi connectivity index (χ2n) is 6.89. The summed E-state index contributed by atoms with van der Waals surface area (Å²) in [4.78, 5) is 24.7. The number of morpholine rings is 1. The Bertz CT molecular complexity index is 975. The van der Waals surface area contributed by atoms with Gasteiger partial charge in [0.2, 0.25) is 0 Å². The Hall–Kier alpha value is -3.34. The Morgan fingerprint density at radius 3 is 2.58 bits per heavy atom. The molecule has 1 heterocycles. The van der Waals surface area contributed by atoms with Gasteiger partial charge in [-0.15, -0.1) is 0 Å². The minimum atomic E-state index is -4.58. The zero-order valence-corrected chi connectivity index (χ0v) is 16.6. The van der Waals surface area contributed by atoms with Crippen molar-refractivity contribution < 1.29 is 32.4 Å². The lowest BCUT2D eigenvalue weighted by atomic mass is 10.1. The first-order valence-corrected chi connectivity index (χ1v) is 9.37. The predicted octanol–water partition coefficient (Wildman–Crippen LogP) is 3.78. The van der Waals surface area contributed by atoms with Crippen LogP contribution in [0.15, 0.2) is 36.4 Å². The van der Waals surface area contributed by atoms with Gasteiger partial charge in [-0.25, -0.2) is 0 Å². The molecule has 166 valence electrons. The lowest BCUT2D eigenvalue weighted by Gasteiger charge is -2.31. The maximum atomic E-state index is 13.2. The van der Waals surface area contributed by atoms with Crippen molar-refractivity contribution in [3.05, 3.63) is 57.6 Å². The second-order valence-corrected chi connectivity index (χ2v) is 6.89. The lowest BCUT2D eigenvalue weighted by molar-refractivity contribution is -0.385. The molecule has 1 amide bonds. The zero-order valence-electron chi connectivity index (χ0n) is 16.6. The summed E-state index contributed by atoms with van der Waals surface area (Å²) in [6.45, 7) is 2.80. The summed E-state index contributed by atoms with van der Waals surface area (Å²) in [6.07, 6.45) is -4.58. The number of carbonyl (C=O) groups excluding carboxylic acids is 1. The van der Waals surface area contributed by atoms with Gasteiger partial charge in [-0.05, 0) is 36.8 Å². The van der Waals surface area contributed by atoms with Crippen LogP contribution >= 0.6 is 0 Å². The number of nitro benzene ring substituents is 1. The Morgan fingerprint density at radius 2 is 1.94 bits per heavy atom. The third kappa shape index (κ3) is 5.63. The number of nitrogens with zero attached hydrogens (tertiary/aromatic N) is 2. The quantitative estimate of drug-likeness (QED) is 0.544. The van der Waals surface area contributed by atoms with Crippen LogP contribution in [0.2, 0.25) is 0 Å². The number of aryl methyl sites for hydroxylation is 1. The molecular weight excluding hydrogens is 419 g/mol. The van der Waals surface area contributed by atoms with E-state index in [9.17, 15) is 28.1 Å². The summed E-state index contributed by atoms with van der Waals surface area (Å²) in [6, 6.07) is 7.36. The number of anilines is 2. The molecule has 8 nitrogen and oxygen atoms in total. The number of hydrogen-bond donors (Lipinski definition) is 1. The van der Waals surface area contributed by atoms with Crippen LogP contribution in [0.4, 0.5) is 30.2 Å². The van der Waals surface area contributed by atoms with Crippen molar-refractivity contribution in [2.75, 3.05) is 43.1 Å². The largest absolute Gasteiger partial charge is 0.477 e. The molecule has 0 radical (unpaired) electrons. The summed E-state index contributed by atoms with van der Waals surface area (Å²) in [5, 5.41) is 13.6. The first kappa shape index (κ1) is 22.3. The summed E-state index contributed by atoms with van der Waals surface area (Å²) < 4.78 is 50.0. The van der Waals surface area contributed by atoms with Crippen molar-refractivity contribution in [3.63, 3.8) is 0 Å². The van der Waals surface area contributed by atoms with E-state index in [0.717, 1.165) is 12.1 Å². The van der Waals surface area contributed by atoms with Crippen molar-refractivity contribution in [2.24, 2.45) is 0 Å². The molecule has 0 bridgehead atoms. The van der Waals surface area contributed by atoms with E-state index in [0.29, 0.717) is 37.6 Å². The van der Waals surface area contributed by atoms with Gasteiger partial charge < -0.3 is 19.7 Å². The van der Waals surface area contributed by atoms with E-state index >= 15 is 0 Å². The summed E-state index contributed by atoms with van der Waals surface area (Å²) in [5.74, 6) is -0.855. The number of amides is 1. The fourth-order valence-electron chi connectivity index (χ4n) is 3.11. The molecule has 1 fully saturated rings. The molecule has 1 N–H and O–H groups in total. The van der Waals surface area contributed by atoms with Crippen molar-refractivity contribution >= 4 is 23.0 Å². The molecule has 0 atom stereocenters. The molecule has 1 saturated heterocycles. The maximum absolute atomic E-state index is 13.2. The molecule has 2 aromatic rings. The average Bonchev–Trinajstić information content (AvgIpc) is 2.72. The molecular formula is C20H20F3N3O5. The van der Waals surface area contributed by atoms with Gasteiger partial charge in [-0.3, -0.25) is 14.9 Å². The minimum absolute atomic E-state index is 0.0243. The van der Waals surface area contributed by atoms with Crippen LogP contribution in [-0.2, 0) is 15.7 Å². The molecule has 31 heavy (non-hydrogen) atoms. The summed E-state index contributed by atoms with van der Waals surface area (Å²) in [5.41, 5.74) is -0.173. The van der Waals surface area contributed by atoms with Crippen LogP contribution in [0.3, 0.4) is 0 Å². The standard InChI is InChI=1S/C20H20F3N3O5/c1-13-2-5-18(17(10-13)26(28)29)31-12-19(27)24-15-11-14(20(21,22)23)3-4-16(15)25-6-8-30-9-7-25/h2-5,10-11H,6-9,12H2,1H3,(H,24,27). The Balaban J connectivity index is 1.79. The normalized spacial score (nSPS) is 14.3. The Kier molecular flexibility index (Phi) is 6.64. The Labute approximate surface area is 175 Å². The van der Waals surface area contributed by atoms with E-state index < -0.39 is 29.2 Å². The fourth-order valence-corrected chi connectivity index (χ4v) is 3.11. The van der Waals surface area contributed by atoms with Crippen LogP contribution in [-0.4, -0.2) is 43.7 Å². The van der Waals surface area contributed by atoms with E-state index in [-0.39, 0.29) is 17.1 Å². The number of halogens is 3. The third-order valence-electron chi connectivity index (χ3n) is 4.62. The summed E-state index contributed by atoms with van der Waals surface area (Å²) >= 11 is 0. The highest BCUT2D eigenvalue weighted by atomic mass is 19.4. The van der Waals surface area contributed by atoms with E-state index in [2.05, 4.69) is 5.32 Å². The van der Waals surface area contributed by atoms with Gasteiger partial charge in [-0.2, -0.15) is 13.2 Å². The van der Waals surface area contributed by atoms with Gasteiger partial charge in [0, 0.05) is 19.2 Å². The highest BCUT2D eigenvalue weighted by molar-refractivity contribution is 5.95. The molecule has 0 unspecified atom stereocenters. The maximum Gasteiger partial charge on any atom is 0.416 e. The van der Waals surface area contributed by atoms with Gasteiger partial charge in [0.15, 0.2) is 12.4 Å². The molecule has 1 aliphatic heterocycles. The SMILES string of the molecule is Cc1ccc(OCC(=O)Nc2cc(C(F)(F)F)ccc2N2CCOCC2)c([N+](=O)[O-])c1. The fraction of sp³-hybridized carbons (Fsp3) is 0.350. The summed E-state index contributed by atoms with van der Waals surface area (Å²) in [7, 11) is 0. The van der Waals surface area contributed by atoms with Gasteiger partial charge in [0.05, 0.1) is 35.1 Å². The van der Waals surface area contributed by atoms with Crippen LogP contribution in [0.1, 0.15) is 11.1 Å². The van der Waals surface area contributed by atoms with Gasteiger partial charge >= 0.3 is 11.9 Å².